The summed E-state index contributed by atoms with van der Waals surface area (Å²) in [6.07, 6.45) is 0. The Balaban J connectivity index is 4.07. The lowest BCUT2D eigenvalue weighted by Crippen LogP contribution is -2.16. The van der Waals surface area contributed by atoms with Crippen molar-refractivity contribution in [1.29, 1.82) is 0 Å². The summed E-state index contributed by atoms with van der Waals surface area (Å²) in [6, 6.07) is 0. The molecule has 10 heavy (non-hydrogen) atoms. The minimum Gasteiger partial charge on any atom is -0.298 e. The third-order valence-corrected chi connectivity index (χ3v) is 2.01. The zero-order valence-electron chi connectivity index (χ0n) is 5.86. The van der Waals surface area contributed by atoms with Crippen molar-refractivity contribution in [2.24, 2.45) is 5.92 Å². The first-order valence-corrected chi connectivity index (χ1v) is 5.51. The Bertz CT molecular complexity index is 215. The molecule has 3 nitrogen and oxygen atoms in total. The van der Waals surface area contributed by atoms with Gasteiger partial charge in [-0.2, -0.15) is 0 Å². The second-order valence-electron chi connectivity index (χ2n) is 2.35. The molecule has 0 unspecified atom stereocenters. The van der Waals surface area contributed by atoms with E-state index in [0.29, 0.717) is 0 Å². The molecule has 0 aliphatic rings. The predicted molar refractivity (Wildman–Crippen MR) is 42.6 cm³/mol. The molecule has 0 aromatic rings. The van der Waals surface area contributed by atoms with E-state index < -0.39 is 14.6 Å². The van der Waals surface area contributed by atoms with Crippen LogP contribution in [0.2, 0.25) is 0 Å². The number of Topliss-reactive ketones (excluding diaryl/α,β-unsaturated/α-hetero) is 1. The molecule has 0 aliphatic heterocycles. The van der Waals surface area contributed by atoms with Crippen LogP contribution in [0.1, 0.15) is 13.8 Å². The molecule has 5 heteroatoms. The highest BCUT2D eigenvalue weighted by molar-refractivity contribution is 8.63. The summed E-state index contributed by atoms with van der Waals surface area (Å²) in [5.41, 5.74) is 0. The molecule has 0 amide bonds. The van der Waals surface area contributed by atoms with Crippen molar-refractivity contribution in [3.63, 3.8) is 0 Å². The fraction of sp³-hybridized carbons (Fsp3) is 0.800. The third-order valence-electron chi connectivity index (χ3n) is 0.969. The van der Waals surface area contributed by atoms with Crippen LogP contribution in [0, 0.1) is 5.92 Å². The highest BCUT2D eigenvalue weighted by Crippen LogP contribution is 2.01. The first-order valence-electron chi connectivity index (χ1n) is 2.81. The van der Waals surface area contributed by atoms with E-state index in [1.807, 2.05) is 0 Å². The monoisotopic (exact) mass is 182 g/mol. The van der Waals surface area contributed by atoms with Gasteiger partial charge in [0.05, 0.1) is 0 Å². The Hall–Kier alpha value is -0.0300. The number of hydrogen-bond acceptors (Lipinski definition) is 3. The molecule has 0 rings (SSSR count). The molecule has 0 saturated heterocycles. The molecule has 0 spiro atoms. The van der Waals surface area contributed by atoms with Gasteiger partial charge >= 0.3 is 0 Å². The predicted octanol–water partition coefficient (Wildman–Crippen LogP) is 0.471. The standard InChI is InChI=1S/C5H10O3S2/c1-4(2)5(6)3-10(7,8)9/h4H,3H2,1-2H3,(H,7,8,9). The molecule has 0 N–H and O–H groups in total. The van der Waals surface area contributed by atoms with Gasteiger partial charge in [-0.15, -0.1) is 0 Å². The topological polar surface area (TPSA) is 51.2 Å². The van der Waals surface area contributed by atoms with Gasteiger partial charge in [0, 0.05) is 5.92 Å². The van der Waals surface area contributed by atoms with Gasteiger partial charge in [0.1, 0.15) is 5.75 Å². The summed E-state index contributed by atoms with van der Waals surface area (Å²) >= 11 is 3.24. The first-order chi connectivity index (χ1) is 4.33. The van der Waals surface area contributed by atoms with Crippen molar-refractivity contribution in [3.05, 3.63) is 0 Å². The summed E-state index contributed by atoms with van der Waals surface area (Å²) in [6.45, 7) is 3.31. The van der Waals surface area contributed by atoms with E-state index >= 15 is 0 Å². The van der Waals surface area contributed by atoms with Gasteiger partial charge in [-0.1, -0.05) is 13.8 Å². The maximum absolute atomic E-state index is 10.7. The molecule has 0 aromatic heterocycles. The minimum atomic E-state index is -3.42. The van der Waals surface area contributed by atoms with Gasteiger partial charge in [0.25, 0.3) is 0 Å². The zero-order chi connectivity index (χ0) is 8.36. The maximum atomic E-state index is 10.7. The second-order valence-corrected chi connectivity index (χ2v) is 5.47. The van der Waals surface area contributed by atoms with Gasteiger partial charge < -0.3 is 0 Å². The Morgan fingerprint density at radius 3 is 2.00 bits per heavy atom. The lowest BCUT2D eigenvalue weighted by atomic mass is 10.1. The molecule has 0 atom stereocenters. The molecule has 60 valence electrons. The highest BCUT2D eigenvalue weighted by Gasteiger charge is 2.14. The second kappa shape index (κ2) is 3.39. The Kier molecular flexibility index (Phi) is 3.38. The summed E-state index contributed by atoms with van der Waals surface area (Å²) in [5.74, 6) is -0.995. The molecule has 0 aromatic carbocycles. The van der Waals surface area contributed by atoms with Crippen molar-refractivity contribution in [2.45, 2.75) is 13.8 Å². The quantitative estimate of drug-likeness (QED) is 0.510. The molecular formula is C5H10O3S2. The van der Waals surface area contributed by atoms with Crippen molar-refractivity contribution < 1.29 is 13.2 Å². The maximum Gasteiger partial charge on any atom is 0.205 e. The molecular weight excluding hydrogens is 172 g/mol. The zero-order valence-corrected chi connectivity index (χ0v) is 7.58. The van der Waals surface area contributed by atoms with Crippen LogP contribution < -0.4 is 0 Å². The van der Waals surface area contributed by atoms with E-state index in [-0.39, 0.29) is 11.7 Å². The number of ketones is 1. The van der Waals surface area contributed by atoms with E-state index in [9.17, 15) is 13.2 Å². The van der Waals surface area contributed by atoms with Crippen molar-refractivity contribution in [1.82, 2.24) is 0 Å². The van der Waals surface area contributed by atoms with E-state index in [0.717, 1.165) is 0 Å². The Labute approximate surface area is 65.5 Å². The number of carbonyl (C=O) groups excluding carboxylic acids is 1. The van der Waals surface area contributed by atoms with Gasteiger partial charge in [-0.25, -0.2) is 8.42 Å². The number of thiol groups is 1. The highest BCUT2D eigenvalue weighted by atomic mass is 33.1. The Morgan fingerprint density at radius 2 is 1.90 bits per heavy atom. The number of hydrogen-bond donors (Lipinski definition) is 1. The fourth-order valence-electron chi connectivity index (χ4n) is 0.346. The van der Waals surface area contributed by atoms with Crippen LogP contribution in [0.4, 0.5) is 0 Å². The summed E-state index contributed by atoms with van der Waals surface area (Å²) < 4.78 is 20.8. The molecule has 0 aliphatic carbocycles. The first kappa shape index (κ1) is 9.97. The van der Waals surface area contributed by atoms with E-state index in [4.69, 9.17) is 0 Å². The smallest absolute Gasteiger partial charge is 0.205 e. The van der Waals surface area contributed by atoms with E-state index in [2.05, 4.69) is 11.7 Å². The van der Waals surface area contributed by atoms with Gasteiger partial charge in [0.2, 0.25) is 8.87 Å². The number of rotatable bonds is 3. The fourth-order valence-corrected chi connectivity index (χ4v) is 1.42. The normalized spacial score (nSPS) is 12.0. The van der Waals surface area contributed by atoms with Gasteiger partial charge in [-0.05, 0) is 11.7 Å². The van der Waals surface area contributed by atoms with E-state index in [1.54, 1.807) is 13.8 Å². The third kappa shape index (κ3) is 4.81. The Morgan fingerprint density at radius 1 is 1.50 bits per heavy atom. The van der Waals surface area contributed by atoms with Crippen LogP contribution in [-0.4, -0.2) is 20.0 Å². The lowest BCUT2D eigenvalue weighted by molar-refractivity contribution is -0.119. The van der Waals surface area contributed by atoms with Crippen LogP contribution >= 0.6 is 11.7 Å². The van der Waals surface area contributed by atoms with E-state index in [1.165, 1.54) is 0 Å². The largest absolute Gasteiger partial charge is 0.298 e. The summed E-state index contributed by atoms with van der Waals surface area (Å²) in [7, 11) is -3.42. The van der Waals surface area contributed by atoms with Crippen molar-refractivity contribution in [2.75, 3.05) is 5.75 Å². The van der Waals surface area contributed by atoms with Crippen LogP contribution in [0.25, 0.3) is 0 Å². The van der Waals surface area contributed by atoms with Gasteiger partial charge in [0.15, 0.2) is 5.78 Å². The van der Waals surface area contributed by atoms with Crippen molar-refractivity contribution >= 4 is 26.3 Å². The summed E-state index contributed by atoms with van der Waals surface area (Å²) in [5, 5.41) is 0. The molecule has 0 fully saturated rings. The van der Waals surface area contributed by atoms with Crippen LogP contribution in [-0.2, 0) is 13.7 Å². The molecule has 0 saturated carbocycles. The lowest BCUT2D eigenvalue weighted by Gasteiger charge is -1.99. The molecule has 0 bridgehead atoms. The van der Waals surface area contributed by atoms with Gasteiger partial charge in [-0.3, -0.25) is 4.79 Å². The van der Waals surface area contributed by atoms with Crippen LogP contribution in [0.5, 0.6) is 0 Å². The molecule has 0 radical (unpaired) electrons. The average molecular weight is 182 g/mol. The molecule has 0 heterocycles. The van der Waals surface area contributed by atoms with Crippen molar-refractivity contribution in [3.8, 4) is 0 Å². The SMILES string of the molecule is CC(C)C(=O)CS(=O)(=O)S. The summed E-state index contributed by atoms with van der Waals surface area (Å²) in [4.78, 5) is 10.7. The average Bonchev–Trinajstić information content (AvgIpc) is 1.60. The van der Waals surface area contributed by atoms with Crippen LogP contribution in [0.3, 0.4) is 0 Å². The van der Waals surface area contributed by atoms with Crippen LogP contribution in [0.15, 0.2) is 0 Å². The minimum absolute atomic E-state index is 0.234. The number of carbonyl (C=O) groups is 1.